The summed E-state index contributed by atoms with van der Waals surface area (Å²) in [5.41, 5.74) is 5.72. The second-order valence-corrected chi connectivity index (χ2v) is 3.79. The summed E-state index contributed by atoms with van der Waals surface area (Å²) in [6.07, 6.45) is -2.59. The van der Waals surface area contributed by atoms with Crippen LogP contribution in [0.25, 0.3) is 0 Å². The molecule has 0 aromatic heterocycles. The first-order chi connectivity index (χ1) is 7.95. The summed E-state index contributed by atoms with van der Waals surface area (Å²) in [5.74, 6) is -0.714. The summed E-state index contributed by atoms with van der Waals surface area (Å²) in [7, 11) is 0. The normalized spacial score (nSPS) is 10.9. The van der Waals surface area contributed by atoms with E-state index in [4.69, 9.17) is 22.4 Å². The van der Waals surface area contributed by atoms with Crippen molar-refractivity contribution in [2.75, 3.05) is 30.3 Å². The van der Waals surface area contributed by atoms with E-state index in [0.717, 1.165) is 11.0 Å². The fourth-order valence-corrected chi connectivity index (χ4v) is 1.58. The highest BCUT2D eigenvalue weighted by Crippen LogP contribution is 2.29. The van der Waals surface area contributed by atoms with E-state index in [2.05, 4.69) is 0 Å². The first-order valence-corrected chi connectivity index (χ1v) is 5.22. The lowest BCUT2D eigenvalue weighted by molar-refractivity contribution is 0.153. The van der Waals surface area contributed by atoms with E-state index in [1.54, 1.807) is 0 Å². The molecule has 7 heteroatoms. The fraction of sp³-hybridized carbons (Fsp3) is 0.400. The molecule has 96 valence electrons. The van der Waals surface area contributed by atoms with Gasteiger partial charge in [0.25, 0.3) is 6.43 Å². The largest absolute Gasteiger partial charge is 0.397 e. The SMILES string of the molecule is Nc1cc(F)c(Cl)cc1N(CCO)CC(F)F. The molecule has 1 aromatic rings. The molecule has 3 nitrogen and oxygen atoms in total. The standard InChI is InChI=1S/C10H12ClF3N2O/c11-6-3-9(8(15)4-7(6)12)16(1-2-17)5-10(13)14/h3-4,10,17H,1-2,5,15H2. The summed E-state index contributed by atoms with van der Waals surface area (Å²) in [6, 6.07) is 2.14. The minimum Gasteiger partial charge on any atom is -0.397 e. The molecule has 0 aliphatic rings. The van der Waals surface area contributed by atoms with Crippen LogP contribution in [-0.2, 0) is 0 Å². The number of alkyl halides is 2. The van der Waals surface area contributed by atoms with Gasteiger partial charge in [0.2, 0.25) is 0 Å². The number of rotatable bonds is 5. The summed E-state index contributed by atoms with van der Waals surface area (Å²) in [6.45, 7) is -0.954. The molecule has 0 bridgehead atoms. The number of aliphatic hydroxyl groups excluding tert-OH is 1. The van der Waals surface area contributed by atoms with Crippen molar-refractivity contribution in [3.63, 3.8) is 0 Å². The van der Waals surface area contributed by atoms with E-state index in [9.17, 15) is 13.2 Å². The number of halogens is 4. The predicted molar refractivity (Wildman–Crippen MR) is 61.1 cm³/mol. The van der Waals surface area contributed by atoms with Crippen LogP contribution in [0.1, 0.15) is 0 Å². The molecule has 0 aliphatic heterocycles. The zero-order valence-electron chi connectivity index (χ0n) is 8.84. The average molecular weight is 269 g/mol. The zero-order valence-corrected chi connectivity index (χ0v) is 9.59. The molecule has 0 unspecified atom stereocenters. The average Bonchev–Trinajstić information content (AvgIpc) is 2.22. The Morgan fingerprint density at radius 3 is 2.59 bits per heavy atom. The maximum absolute atomic E-state index is 13.0. The Bertz CT molecular complexity index is 390. The Kier molecular flexibility index (Phi) is 4.89. The van der Waals surface area contributed by atoms with Gasteiger partial charge in [-0.25, -0.2) is 13.2 Å². The first kappa shape index (κ1) is 13.9. The van der Waals surface area contributed by atoms with E-state index in [-0.39, 0.29) is 29.5 Å². The van der Waals surface area contributed by atoms with Crippen molar-refractivity contribution in [2.45, 2.75) is 6.43 Å². The van der Waals surface area contributed by atoms with Crippen LogP contribution in [0.2, 0.25) is 5.02 Å². The molecule has 0 amide bonds. The molecule has 0 saturated carbocycles. The summed E-state index contributed by atoms with van der Waals surface area (Å²) < 4.78 is 37.7. The number of nitrogens with two attached hydrogens (primary N) is 1. The Labute approximate surface area is 102 Å². The maximum Gasteiger partial charge on any atom is 0.255 e. The predicted octanol–water partition coefficient (Wildman–Crippen LogP) is 2.13. The summed E-state index contributed by atoms with van der Waals surface area (Å²) in [5, 5.41) is 8.59. The van der Waals surface area contributed by atoms with Crippen LogP contribution in [0.3, 0.4) is 0 Å². The van der Waals surface area contributed by atoms with Gasteiger partial charge in [0.1, 0.15) is 5.82 Å². The lowest BCUT2D eigenvalue weighted by Crippen LogP contribution is -2.32. The van der Waals surface area contributed by atoms with Crippen molar-refractivity contribution in [3.05, 3.63) is 23.0 Å². The van der Waals surface area contributed by atoms with Crippen LogP contribution in [0.15, 0.2) is 12.1 Å². The van der Waals surface area contributed by atoms with Gasteiger partial charge >= 0.3 is 0 Å². The Morgan fingerprint density at radius 1 is 1.41 bits per heavy atom. The van der Waals surface area contributed by atoms with Crippen LogP contribution in [0.5, 0.6) is 0 Å². The van der Waals surface area contributed by atoms with Gasteiger partial charge in [-0.05, 0) is 6.07 Å². The van der Waals surface area contributed by atoms with Crippen LogP contribution in [-0.4, -0.2) is 31.2 Å². The molecule has 0 heterocycles. The molecular formula is C10H12ClF3N2O. The quantitative estimate of drug-likeness (QED) is 0.805. The maximum atomic E-state index is 13.0. The molecule has 1 aromatic carbocycles. The summed E-state index contributed by atoms with van der Waals surface area (Å²) >= 11 is 5.56. The molecule has 0 atom stereocenters. The number of aliphatic hydroxyl groups is 1. The lowest BCUT2D eigenvalue weighted by Gasteiger charge is -2.25. The number of hydrogen-bond acceptors (Lipinski definition) is 3. The molecule has 0 fully saturated rings. The fourth-order valence-electron chi connectivity index (χ4n) is 1.42. The van der Waals surface area contributed by atoms with Gasteiger partial charge in [-0.15, -0.1) is 0 Å². The third-order valence-electron chi connectivity index (χ3n) is 2.14. The van der Waals surface area contributed by atoms with Crippen LogP contribution >= 0.6 is 11.6 Å². The van der Waals surface area contributed by atoms with E-state index in [1.165, 1.54) is 6.07 Å². The molecule has 0 spiro atoms. The number of hydrogen-bond donors (Lipinski definition) is 2. The van der Waals surface area contributed by atoms with Gasteiger partial charge in [0.15, 0.2) is 0 Å². The molecular weight excluding hydrogens is 257 g/mol. The van der Waals surface area contributed by atoms with Crippen molar-refractivity contribution in [1.82, 2.24) is 0 Å². The minimum atomic E-state index is -2.59. The van der Waals surface area contributed by atoms with E-state index in [1.807, 2.05) is 0 Å². The third kappa shape index (κ3) is 3.67. The highest BCUT2D eigenvalue weighted by Gasteiger charge is 2.16. The molecule has 1 rings (SSSR count). The van der Waals surface area contributed by atoms with Crippen molar-refractivity contribution < 1.29 is 18.3 Å². The minimum absolute atomic E-state index is 0.000926. The second-order valence-electron chi connectivity index (χ2n) is 3.39. The van der Waals surface area contributed by atoms with E-state index in [0.29, 0.717) is 0 Å². The van der Waals surface area contributed by atoms with Crippen molar-refractivity contribution >= 4 is 23.0 Å². The monoisotopic (exact) mass is 268 g/mol. The highest BCUT2D eigenvalue weighted by molar-refractivity contribution is 6.31. The Morgan fingerprint density at radius 2 is 2.06 bits per heavy atom. The second kappa shape index (κ2) is 5.97. The van der Waals surface area contributed by atoms with E-state index < -0.39 is 18.8 Å². The van der Waals surface area contributed by atoms with E-state index >= 15 is 0 Å². The van der Waals surface area contributed by atoms with Crippen LogP contribution in [0, 0.1) is 5.82 Å². The highest BCUT2D eigenvalue weighted by atomic mass is 35.5. The van der Waals surface area contributed by atoms with Gasteiger partial charge in [0.05, 0.1) is 29.5 Å². The topological polar surface area (TPSA) is 49.5 Å². The molecule has 0 radical (unpaired) electrons. The number of nitrogen functional groups attached to an aromatic ring is 1. The van der Waals surface area contributed by atoms with Gasteiger partial charge in [-0.1, -0.05) is 11.6 Å². The molecule has 0 aliphatic carbocycles. The summed E-state index contributed by atoms with van der Waals surface area (Å²) in [4.78, 5) is 1.16. The first-order valence-electron chi connectivity index (χ1n) is 4.84. The van der Waals surface area contributed by atoms with Crippen LogP contribution < -0.4 is 10.6 Å². The molecule has 3 N–H and O–H groups in total. The Balaban J connectivity index is 3.04. The number of benzene rings is 1. The van der Waals surface area contributed by atoms with Crippen molar-refractivity contribution in [2.24, 2.45) is 0 Å². The molecule has 0 saturated heterocycles. The van der Waals surface area contributed by atoms with Crippen molar-refractivity contribution in [1.29, 1.82) is 0 Å². The number of anilines is 2. The third-order valence-corrected chi connectivity index (χ3v) is 2.43. The Hall–Kier alpha value is -1.14. The van der Waals surface area contributed by atoms with Gasteiger partial charge in [-0.3, -0.25) is 0 Å². The lowest BCUT2D eigenvalue weighted by atomic mass is 10.2. The zero-order chi connectivity index (χ0) is 13.0. The van der Waals surface area contributed by atoms with Gasteiger partial charge in [0, 0.05) is 12.6 Å². The number of nitrogens with zero attached hydrogens (tertiary/aromatic N) is 1. The molecule has 17 heavy (non-hydrogen) atoms. The van der Waals surface area contributed by atoms with Crippen molar-refractivity contribution in [3.8, 4) is 0 Å². The van der Waals surface area contributed by atoms with Crippen LogP contribution in [0.4, 0.5) is 24.5 Å². The van der Waals surface area contributed by atoms with Gasteiger partial charge in [-0.2, -0.15) is 0 Å². The smallest absolute Gasteiger partial charge is 0.255 e. The van der Waals surface area contributed by atoms with Gasteiger partial charge < -0.3 is 15.7 Å².